The second-order valence-corrected chi connectivity index (χ2v) is 4.24. The molecule has 0 fully saturated rings. The number of aliphatic hydroxyl groups excluding tert-OH is 1. The molecule has 4 nitrogen and oxygen atoms in total. The van der Waals surface area contributed by atoms with E-state index in [1.807, 2.05) is 13.8 Å². The van der Waals surface area contributed by atoms with Crippen molar-refractivity contribution in [2.75, 3.05) is 13.2 Å². The third-order valence-electron chi connectivity index (χ3n) is 2.03. The van der Waals surface area contributed by atoms with Crippen LogP contribution < -0.4 is 10.0 Å². The fourth-order valence-electron chi connectivity index (χ4n) is 0.936. The molecule has 3 N–H and O–H groups in total. The molecule has 0 heterocycles. The molecule has 0 aromatic heterocycles. The lowest BCUT2D eigenvalue weighted by molar-refractivity contribution is -0.127. The highest BCUT2D eigenvalue weighted by Gasteiger charge is 2.30. The zero-order chi connectivity index (χ0) is 11.2. The Hall–Kier alpha value is -0.260. The van der Waals surface area contributed by atoms with Gasteiger partial charge in [-0.3, -0.25) is 9.52 Å². The predicted octanol–water partition coefficient (Wildman–Crippen LogP) is 0.334. The van der Waals surface area contributed by atoms with Crippen LogP contribution in [-0.4, -0.2) is 29.7 Å². The topological polar surface area (TPSA) is 61.4 Å². The minimum absolute atomic E-state index is 0.0425. The van der Waals surface area contributed by atoms with Crippen LogP contribution in [0.2, 0.25) is 0 Å². The Labute approximate surface area is 91.0 Å². The van der Waals surface area contributed by atoms with Gasteiger partial charge in [0.15, 0.2) is 0 Å². The number of nitrogens with one attached hydrogen (secondary N) is 2. The number of thiol groups is 1. The molecule has 0 radical (unpaired) electrons. The van der Waals surface area contributed by atoms with Gasteiger partial charge in [0.25, 0.3) is 0 Å². The molecule has 0 rings (SSSR count). The molecule has 0 aliphatic rings. The van der Waals surface area contributed by atoms with Crippen LogP contribution in [0.3, 0.4) is 0 Å². The largest absolute Gasteiger partial charge is 0.396 e. The minimum atomic E-state index is -0.799. The van der Waals surface area contributed by atoms with Gasteiger partial charge in [-0.25, -0.2) is 0 Å². The number of hydrogen-bond acceptors (Lipinski definition) is 4. The monoisotopic (exact) mass is 220 g/mol. The number of hydrogen-bond donors (Lipinski definition) is 4. The van der Waals surface area contributed by atoms with Crippen LogP contribution in [0.15, 0.2) is 0 Å². The minimum Gasteiger partial charge on any atom is -0.396 e. The van der Waals surface area contributed by atoms with Gasteiger partial charge in [0.2, 0.25) is 5.91 Å². The van der Waals surface area contributed by atoms with Crippen LogP contribution >= 0.6 is 12.8 Å². The van der Waals surface area contributed by atoms with Gasteiger partial charge in [-0.15, -0.1) is 0 Å². The van der Waals surface area contributed by atoms with Gasteiger partial charge in [0, 0.05) is 13.2 Å². The highest BCUT2D eigenvalue weighted by atomic mass is 32.1. The number of amides is 1. The van der Waals surface area contributed by atoms with Gasteiger partial charge in [0.1, 0.15) is 5.54 Å². The van der Waals surface area contributed by atoms with E-state index in [1.54, 1.807) is 6.92 Å². The van der Waals surface area contributed by atoms with Crippen LogP contribution in [0.1, 0.15) is 27.2 Å². The zero-order valence-corrected chi connectivity index (χ0v) is 9.90. The fourth-order valence-corrected chi connectivity index (χ4v) is 1.15. The van der Waals surface area contributed by atoms with E-state index in [0.29, 0.717) is 18.9 Å². The lowest BCUT2D eigenvalue weighted by Crippen LogP contribution is -2.52. The van der Waals surface area contributed by atoms with Crippen molar-refractivity contribution in [1.82, 2.24) is 10.0 Å². The summed E-state index contributed by atoms with van der Waals surface area (Å²) in [7, 11) is 0. The molecular formula is C9H20N2O2S. The Morgan fingerprint density at radius 2 is 2.14 bits per heavy atom. The first-order valence-electron chi connectivity index (χ1n) is 4.76. The predicted molar refractivity (Wildman–Crippen MR) is 60.1 cm³/mol. The van der Waals surface area contributed by atoms with E-state index in [9.17, 15) is 4.79 Å². The molecular weight excluding hydrogens is 200 g/mol. The van der Waals surface area contributed by atoms with Crippen molar-refractivity contribution in [3.63, 3.8) is 0 Å². The molecule has 0 spiro atoms. The van der Waals surface area contributed by atoms with Gasteiger partial charge < -0.3 is 10.4 Å². The van der Waals surface area contributed by atoms with E-state index >= 15 is 0 Å². The second-order valence-electron chi connectivity index (χ2n) is 4.02. The van der Waals surface area contributed by atoms with Gasteiger partial charge in [-0.1, -0.05) is 26.7 Å². The molecule has 0 bridgehead atoms. The van der Waals surface area contributed by atoms with Crippen molar-refractivity contribution in [3.05, 3.63) is 0 Å². The molecule has 84 valence electrons. The fraction of sp³-hybridized carbons (Fsp3) is 0.889. The van der Waals surface area contributed by atoms with E-state index in [4.69, 9.17) is 5.11 Å². The van der Waals surface area contributed by atoms with Crippen LogP contribution in [0, 0.1) is 5.92 Å². The normalized spacial score (nSPS) is 15.3. The lowest BCUT2D eigenvalue weighted by atomic mass is 9.98. The molecule has 0 aliphatic carbocycles. The van der Waals surface area contributed by atoms with Gasteiger partial charge in [-0.05, 0) is 19.3 Å². The van der Waals surface area contributed by atoms with Gasteiger partial charge in [0.05, 0.1) is 0 Å². The molecule has 1 atom stereocenters. The summed E-state index contributed by atoms with van der Waals surface area (Å²) < 4.78 is 2.63. The molecule has 1 unspecified atom stereocenters. The maximum Gasteiger partial charge on any atom is 0.240 e. The first-order valence-corrected chi connectivity index (χ1v) is 5.21. The zero-order valence-electron chi connectivity index (χ0n) is 9.00. The Balaban J connectivity index is 4.16. The highest BCUT2D eigenvalue weighted by molar-refractivity contribution is 7.78. The second kappa shape index (κ2) is 6.27. The summed E-state index contributed by atoms with van der Waals surface area (Å²) >= 11 is 3.90. The Bertz CT molecular complexity index is 188. The molecule has 0 aromatic carbocycles. The summed E-state index contributed by atoms with van der Waals surface area (Å²) in [5.74, 6) is 0.285. The first kappa shape index (κ1) is 13.7. The third kappa shape index (κ3) is 4.30. The molecule has 5 heteroatoms. The number of carbonyl (C=O) groups excluding carboxylic acids is 1. The summed E-state index contributed by atoms with van der Waals surface area (Å²) in [6.45, 7) is 6.36. The Morgan fingerprint density at radius 3 is 2.50 bits per heavy atom. The quantitative estimate of drug-likeness (QED) is 0.488. The summed E-state index contributed by atoms with van der Waals surface area (Å²) in [4.78, 5) is 11.7. The van der Waals surface area contributed by atoms with Crippen LogP contribution in [0.4, 0.5) is 0 Å². The summed E-state index contributed by atoms with van der Waals surface area (Å²) in [5, 5.41) is 11.6. The average Bonchev–Trinajstić information content (AvgIpc) is 2.14. The molecule has 0 aliphatic heterocycles. The lowest BCUT2D eigenvalue weighted by Gasteiger charge is -2.26. The first-order chi connectivity index (χ1) is 6.46. The van der Waals surface area contributed by atoms with Gasteiger partial charge >= 0.3 is 0 Å². The number of carbonyl (C=O) groups is 1. The number of rotatable bonds is 6. The summed E-state index contributed by atoms with van der Waals surface area (Å²) in [6, 6.07) is 0. The van der Waals surface area contributed by atoms with E-state index in [0.717, 1.165) is 0 Å². The van der Waals surface area contributed by atoms with Crippen molar-refractivity contribution in [2.45, 2.75) is 32.7 Å². The summed E-state index contributed by atoms with van der Waals surface area (Å²) in [6.07, 6.45) is 0.348. The van der Waals surface area contributed by atoms with Crippen molar-refractivity contribution >= 4 is 18.7 Å². The van der Waals surface area contributed by atoms with E-state index in [2.05, 4.69) is 22.9 Å². The molecule has 14 heavy (non-hydrogen) atoms. The molecule has 0 aromatic rings. The Morgan fingerprint density at radius 1 is 1.57 bits per heavy atom. The van der Waals surface area contributed by atoms with Crippen molar-refractivity contribution in [2.24, 2.45) is 5.92 Å². The Kier molecular flexibility index (Phi) is 6.15. The van der Waals surface area contributed by atoms with E-state index in [1.165, 1.54) is 0 Å². The third-order valence-corrected chi connectivity index (χ3v) is 2.52. The van der Waals surface area contributed by atoms with E-state index in [-0.39, 0.29) is 12.5 Å². The summed E-state index contributed by atoms with van der Waals surface area (Å²) in [5.41, 5.74) is -0.799. The maximum atomic E-state index is 11.7. The average molecular weight is 220 g/mol. The van der Waals surface area contributed by atoms with Crippen LogP contribution in [-0.2, 0) is 4.79 Å². The standard InChI is InChI=1S/C9H20N2O2S/c1-7(2)6-10-8(13)9(3,11-14)4-5-12/h7,11-12,14H,4-6H2,1-3H3,(H,10,13). The smallest absolute Gasteiger partial charge is 0.240 e. The van der Waals surface area contributed by atoms with Gasteiger partial charge in [-0.2, -0.15) is 0 Å². The highest BCUT2D eigenvalue weighted by Crippen LogP contribution is 2.10. The SMILES string of the molecule is CC(C)CNC(=O)C(C)(CCO)NS. The van der Waals surface area contributed by atoms with E-state index < -0.39 is 5.54 Å². The molecule has 0 saturated carbocycles. The van der Waals surface area contributed by atoms with Crippen LogP contribution in [0.5, 0.6) is 0 Å². The molecule has 1 amide bonds. The maximum absolute atomic E-state index is 11.7. The van der Waals surface area contributed by atoms with Crippen molar-refractivity contribution in [3.8, 4) is 0 Å². The van der Waals surface area contributed by atoms with Crippen molar-refractivity contribution < 1.29 is 9.90 Å². The van der Waals surface area contributed by atoms with Crippen LogP contribution in [0.25, 0.3) is 0 Å². The van der Waals surface area contributed by atoms with Crippen molar-refractivity contribution in [1.29, 1.82) is 0 Å². The molecule has 0 saturated heterocycles. The number of aliphatic hydroxyl groups is 1.